The summed E-state index contributed by atoms with van der Waals surface area (Å²) < 4.78 is 1.62. The molecule has 3 heteroatoms. The van der Waals surface area contributed by atoms with Crippen molar-refractivity contribution < 1.29 is 0 Å². The molecule has 0 aliphatic rings. The number of para-hydroxylation sites is 1. The highest BCUT2D eigenvalue weighted by atomic mass is 35.5. The van der Waals surface area contributed by atoms with E-state index in [0.717, 1.165) is 22.5 Å². The number of hydrogen-bond donors (Lipinski definition) is 1. The van der Waals surface area contributed by atoms with Gasteiger partial charge in [-0.25, -0.2) is 0 Å². The van der Waals surface area contributed by atoms with E-state index in [4.69, 9.17) is 11.8 Å². The molecule has 116 valence electrons. The SMILES string of the molecule is CNc1ccc(-c2ccc(-c3ccccc3N(C)Cl)cc2)cc1. The Morgan fingerprint density at radius 2 is 1.26 bits per heavy atom. The quantitative estimate of drug-likeness (QED) is 0.624. The van der Waals surface area contributed by atoms with Gasteiger partial charge < -0.3 is 5.32 Å². The second-order valence-corrected chi connectivity index (χ2v) is 5.91. The van der Waals surface area contributed by atoms with Gasteiger partial charge >= 0.3 is 0 Å². The molecule has 0 amide bonds. The average molecular weight is 323 g/mol. The van der Waals surface area contributed by atoms with Crippen molar-refractivity contribution in [3.8, 4) is 22.3 Å². The number of anilines is 2. The maximum absolute atomic E-state index is 6.14. The van der Waals surface area contributed by atoms with Gasteiger partial charge in [-0.3, -0.25) is 4.42 Å². The molecule has 0 fully saturated rings. The van der Waals surface area contributed by atoms with E-state index in [9.17, 15) is 0 Å². The second-order valence-electron chi connectivity index (χ2n) is 5.40. The topological polar surface area (TPSA) is 15.3 Å². The largest absolute Gasteiger partial charge is 0.388 e. The standard InChI is InChI=1S/C20H19ClN2/c1-22-18-13-11-16(12-14-18)15-7-9-17(10-8-15)19-5-3-4-6-20(19)23(2)21/h3-14,22H,1-2H3. The lowest BCUT2D eigenvalue weighted by molar-refractivity contribution is 1.34. The molecule has 0 aliphatic carbocycles. The van der Waals surface area contributed by atoms with Gasteiger partial charge in [0.15, 0.2) is 0 Å². The highest BCUT2D eigenvalue weighted by Gasteiger charge is 2.07. The van der Waals surface area contributed by atoms with Crippen molar-refractivity contribution in [1.82, 2.24) is 0 Å². The zero-order valence-corrected chi connectivity index (χ0v) is 14.0. The van der Waals surface area contributed by atoms with Gasteiger partial charge in [-0.2, -0.15) is 0 Å². The van der Waals surface area contributed by atoms with Crippen LogP contribution in [0, 0.1) is 0 Å². The van der Waals surface area contributed by atoms with Crippen molar-refractivity contribution in [3.63, 3.8) is 0 Å². The number of benzene rings is 3. The van der Waals surface area contributed by atoms with E-state index in [1.807, 2.05) is 32.3 Å². The molecule has 0 unspecified atom stereocenters. The van der Waals surface area contributed by atoms with Crippen molar-refractivity contribution in [2.75, 3.05) is 23.8 Å². The fourth-order valence-corrected chi connectivity index (χ4v) is 2.81. The van der Waals surface area contributed by atoms with E-state index in [-0.39, 0.29) is 0 Å². The van der Waals surface area contributed by atoms with Crippen LogP contribution in [0.2, 0.25) is 0 Å². The Hall–Kier alpha value is -2.45. The van der Waals surface area contributed by atoms with Crippen LogP contribution in [0.15, 0.2) is 72.8 Å². The summed E-state index contributed by atoms with van der Waals surface area (Å²) in [6.07, 6.45) is 0. The highest BCUT2D eigenvalue weighted by molar-refractivity contribution is 6.26. The summed E-state index contributed by atoms with van der Waals surface area (Å²) in [6.45, 7) is 0. The van der Waals surface area contributed by atoms with E-state index in [0.29, 0.717) is 0 Å². The molecule has 0 radical (unpaired) electrons. The minimum absolute atomic E-state index is 1.00. The Kier molecular flexibility index (Phi) is 4.54. The van der Waals surface area contributed by atoms with E-state index >= 15 is 0 Å². The Balaban J connectivity index is 1.93. The zero-order valence-electron chi connectivity index (χ0n) is 13.3. The van der Waals surface area contributed by atoms with Crippen LogP contribution in [0.25, 0.3) is 22.3 Å². The molecular formula is C20H19ClN2. The van der Waals surface area contributed by atoms with Crippen molar-refractivity contribution >= 4 is 23.2 Å². The van der Waals surface area contributed by atoms with Gasteiger partial charge in [-0.1, -0.05) is 54.6 Å². The van der Waals surface area contributed by atoms with Crippen LogP contribution in [-0.4, -0.2) is 14.1 Å². The molecular weight excluding hydrogens is 304 g/mol. The van der Waals surface area contributed by atoms with Crippen LogP contribution in [0.3, 0.4) is 0 Å². The van der Waals surface area contributed by atoms with E-state index in [1.54, 1.807) is 4.42 Å². The van der Waals surface area contributed by atoms with Gasteiger partial charge in [0, 0.05) is 37.1 Å². The molecule has 3 aromatic rings. The first-order chi connectivity index (χ1) is 11.2. The first-order valence-electron chi connectivity index (χ1n) is 7.56. The predicted octanol–water partition coefficient (Wildman–Crippen LogP) is 5.65. The monoisotopic (exact) mass is 322 g/mol. The van der Waals surface area contributed by atoms with E-state index in [2.05, 4.69) is 59.9 Å². The van der Waals surface area contributed by atoms with Crippen LogP contribution in [0.5, 0.6) is 0 Å². The molecule has 3 aromatic carbocycles. The third kappa shape index (κ3) is 3.33. The van der Waals surface area contributed by atoms with Gasteiger partial charge in [0.05, 0.1) is 5.69 Å². The van der Waals surface area contributed by atoms with Crippen molar-refractivity contribution in [1.29, 1.82) is 0 Å². The fourth-order valence-electron chi connectivity index (χ4n) is 2.66. The molecule has 0 saturated carbocycles. The Morgan fingerprint density at radius 3 is 1.83 bits per heavy atom. The lowest BCUT2D eigenvalue weighted by Gasteiger charge is -2.15. The van der Waals surface area contributed by atoms with Gasteiger partial charge in [-0.15, -0.1) is 0 Å². The average Bonchev–Trinajstić information content (AvgIpc) is 2.62. The minimum atomic E-state index is 1.00. The van der Waals surface area contributed by atoms with Crippen LogP contribution in [0.1, 0.15) is 0 Å². The third-order valence-electron chi connectivity index (χ3n) is 3.94. The van der Waals surface area contributed by atoms with Crippen molar-refractivity contribution in [2.45, 2.75) is 0 Å². The summed E-state index contributed by atoms with van der Waals surface area (Å²) in [5.74, 6) is 0. The molecule has 0 spiro atoms. The van der Waals surface area contributed by atoms with Crippen molar-refractivity contribution in [3.05, 3.63) is 72.8 Å². The maximum atomic E-state index is 6.14. The lowest BCUT2D eigenvalue weighted by atomic mass is 9.99. The molecule has 2 nitrogen and oxygen atoms in total. The number of nitrogens with one attached hydrogen (secondary N) is 1. The van der Waals surface area contributed by atoms with E-state index in [1.165, 1.54) is 11.1 Å². The summed E-state index contributed by atoms with van der Waals surface area (Å²) >= 11 is 6.14. The van der Waals surface area contributed by atoms with E-state index < -0.39 is 0 Å². The van der Waals surface area contributed by atoms with Gasteiger partial charge in [0.2, 0.25) is 0 Å². The first kappa shape index (κ1) is 15.4. The summed E-state index contributed by atoms with van der Waals surface area (Å²) in [5, 5.41) is 3.14. The molecule has 0 aliphatic heterocycles. The van der Waals surface area contributed by atoms with Gasteiger partial charge in [0.25, 0.3) is 0 Å². The Morgan fingerprint density at radius 1 is 0.739 bits per heavy atom. The van der Waals surface area contributed by atoms with Crippen LogP contribution >= 0.6 is 11.8 Å². The van der Waals surface area contributed by atoms with Crippen LogP contribution in [0.4, 0.5) is 11.4 Å². The predicted molar refractivity (Wildman–Crippen MR) is 101 cm³/mol. The highest BCUT2D eigenvalue weighted by Crippen LogP contribution is 2.32. The fraction of sp³-hybridized carbons (Fsp3) is 0.100. The second kappa shape index (κ2) is 6.76. The van der Waals surface area contributed by atoms with Crippen LogP contribution in [-0.2, 0) is 0 Å². The maximum Gasteiger partial charge on any atom is 0.0598 e. The summed E-state index contributed by atoms with van der Waals surface area (Å²) in [5.41, 5.74) is 6.81. The molecule has 3 rings (SSSR count). The van der Waals surface area contributed by atoms with Gasteiger partial charge in [0.1, 0.15) is 0 Å². The zero-order chi connectivity index (χ0) is 16.2. The number of halogens is 1. The first-order valence-corrected chi connectivity index (χ1v) is 7.90. The molecule has 1 N–H and O–H groups in total. The minimum Gasteiger partial charge on any atom is -0.388 e. The van der Waals surface area contributed by atoms with Crippen LogP contribution < -0.4 is 9.74 Å². The lowest BCUT2D eigenvalue weighted by Crippen LogP contribution is -2.02. The summed E-state index contributed by atoms with van der Waals surface area (Å²) in [4.78, 5) is 0. The summed E-state index contributed by atoms with van der Waals surface area (Å²) in [7, 11) is 3.77. The van der Waals surface area contributed by atoms with Gasteiger partial charge in [-0.05, 0) is 34.9 Å². The molecule has 0 saturated heterocycles. The number of nitrogens with zero attached hydrogens (tertiary/aromatic N) is 1. The van der Waals surface area contributed by atoms with Crippen molar-refractivity contribution in [2.24, 2.45) is 0 Å². The summed E-state index contributed by atoms with van der Waals surface area (Å²) in [6, 6.07) is 25.1. The smallest absolute Gasteiger partial charge is 0.0598 e. The molecule has 0 aromatic heterocycles. The molecule has 23 heavy (non-hydrogen) atoms. The molecule has 0 atom stereocenters. The molecule has 0 heterocycles. The Labute approximate surface area is 142 Å². The number of hydrogen-bond acceptors (Lipinski definition) is 2. The molecule has 0 bridgehead atoms. The Bertz CT molecular complexity index is 777. The number of rotatable bonds is 4. The normalized spacial score (nSPS) is 10.4. The third-order valence-corrected chi connectivity index (χ3v) is 4.12.